The smallest absolute Gasteiger partial charge is 0.273 e. The summed E-state index contributed by atoms with van der Waals surface area (Å²) in [4.78, 5) is 0. The van der Waals surface area contributed by atoms with Crippen LogP contribution in [-0.4, -0.2) is 13.4 Å². The number of rotatable bonds is 5. The first kappa shape index (κ1) is 9.03. The maximum absolute atomic E-state index is 4.84. The van der Waals surface area contributed by atoms with Gasteiger partial charge < -0.3 is 9.47 Å². The summed E-state index contributed by atoms with van der Waals surface area (Å²) in [5.41, 5.74) is 0. The number of halogens is 1. The molecule has 0 N–H and O–H groups in total. The molecule has 0 saturated heterocycles. The molecule has 0 aliphatic heterocycles. The van der Waals surface area contributed by atoms with Gasteiger partial charge in [0.15, 0.2) is 0 Å². The molecular formula is C5H9IO3. The van der Waals surface area contributed by atoms with Crippen molar-refractivity contribution >= 4 is 23.0 Å². The van der Waals surface area contributed by atoms with Crippen LogP contribution in [0, 0.1) is 0 Å². The summed E-state index contributed by atoms with van der Waals surface area (Å²) in [5, 5.41) is 0. The monoisotopic (exact) mass is 244 g/mol. The second kappa shape index (κ2) is 6.15. The molecule has 0 spiro atoms. The van der Waals surface area contributed by atoms with Crippen molar-refractivity contribution in [3.63, 3.8) is 0 Å². The largest absolute Gasteiger partial charge is 0.466 e. The summed E-state index contributed by atoms with van der Waals surface area (Å²) < 4.78 is 14.2. The van der Waals surface area contributed by atoms with Gasteiger partial charge in [0.1, 0.15) is 23.0 Å². The predicted octanol–water partition coefficient (Wildman–Crippen LogP) is 1.83. The highest BCUT2D eigenvalue weighted by Crippen LogP contribution is 1.96. The van der Waals surface area contributed by atoms with Crippen LogP contribution in [0.1, 0.15) is 6.92 Å². The molecule has 0 aromatic carbocycles. The minimum absolute atomic E-state index is 0.180. The molecule has 0 aliphatic carbocycles. The van der Waals surface area contributed by atoms with Crippen molar-refractivity contribution in [2.24, 2.45) is 0 Å². The molecule has 9 heavy (non-hydrogen) atoms. The third kappa shape index (κ3) is 5.91. The van der Waals surface area contributed by atoms with E-state index >= 15 is 0 Å². The van der Waals surface area contributed by atoms with Gasteiger partial charge >= 0.3 is 0 Å². The van der Waals surface area contributed by atoms with Gasteiger partial charge in [-0.25, -0.2) is 0 Å². The first-order chi connectivity index (χ1) is 4.31. The van der Waals surface area contributed by atoms with Crippen LogP contribution < -0.4 is 0 Å². The van der Waals surface area contributed by atoms with Crippen LogP contribution in [-0.2, 0) is 12.5 Å². The maximum atomic E-state index is 4.84. The van der Waals surface area contributed by atoms with Crippen LogP contribution in [0.4, 0.5) is 0 Å². The van der Waals surface area contributed by atoms with Gasteiger partial charge in [-0.05, 0) is 13.5 Å². The highest BCUT2D eigenvalue weighted by atomic mass is 127. The predicted molar refractivity (Wildman–Crippen MR) is 41.8 cm³/mol. The van der Waals surface area contributed by atoms with Crippen molar-refractivity contribution in [3.8, 4) is 0 Å². The fourth-order valence-electron chi connectivity index (χ4n) is 0.291. The molecule has 0 atom stereocenters. The molecule has 0 aromatic rings. The summed E-state index contributed by atoms with van der Waals surface area (Å²) in [6.45, 7) is 6.06. The van der Waals surface area contributed by atoms with Gasteiger partial charge in [0.2, 0.25) is 6.79 Å². The van der Waals surface area contributed by atoms with E-state index in [0.717, 1.165) is 0 Å². The van der Waals surface area contributed by atoms with Crippen LogP contribution >= 0.6 is 23.0 Å². The van der Waals surface area contributed by atoms with Gasteiger partial charge in [-0.1, -0.05) is 0 Å². The molecule has 0 bridgehead atoms. The second-order valence-corrected chi connectivity index (χ2v) is 1.80. The van der Waals surface area contributed by atoms with Gasteiger partial charge in [-0.3, -0.25) is 3.07 Å². The zero-order valence-electron chi connectivity index (χ0n) is 5.22. The molecule has 0 aromatic heterocycles. The fourth-order valence-corrected chi connectivity index (χ4v) is 0.418. The summed E-state index contributed by atoms with van der Waals surface area (Å²) in [6.07, 6.45) is 0. The van der Waals surface area contributed by atoms with E-state index in [0.29, 0.717) is 12.6 Å². The molecule has 0 radical (unpaired) electrons. The van der Waals surface area contributed by atoms with Crippen molar-refractivity contribution in [1.29, 1.82) is 0 Å². The molecular weight excluding hydrogens is 235 g/mol. The Balaban J connectivity index is 3.06. The fraction of sp³-hybridized carbons (Fsp3) is 0.600. The van der Waals surface area contributed by atoms with E-state index in [9.17, 15) is 0 Å². The lowest BCUT2D eigenvalue weighted by molar-refractivity contribution is -0.00625. The molecule has 0 aliphatic rings. The second-order valence-electron chi connectivity index (χ2n) is 1.18. The van der Waals surface area contributed by atoms with Crippen LogP contribution in [0.2, 0.25) is 0 Å². The first-order valence-corrected chi connectivity index (χ1v) is 3.37. The maximum Gasteiger partial charge on any atom is 0.273 e. The molecule has 0 rings (SSSR count). The Kier molecular flexibility index (Phi) is 6.18. The Hall–Kier alpha value is 0.0300. The van der Waals surface area contributed by atoms with Crippen molar-refractivity contribution in [1.82, 2.24) is 0 Å². The van der Waals surface area contributed by atoms with Crippen LogP contribution in [0.25, 0.3) is 0 Å². The van der Waals surface area contributed by atoms with E-state index in [2.05, 4.69) is 9.65 Å². The number of hydrogen-bond donors (Lipinski definition) is 0. The van der Waals surface area contributed by atoms with Gasteiger partial charge in [-0.15, -0.1) is 0 Å². The first-order valence-electron chi connectivity index (χ1n) is 2.49. The lowest BCUT2D eigenvalue weighted by atomic mass is 10.8. The average molecular weight is 244 g/mol. The molecule has 0 heterocycles. The minimum atomic E-state index is 0.180. The van der Waals surface area contributed by atoms with Crippen molar-refractivity contribution in [2.75, 3.05) is 13.4 Å². The number of hydrogen-bond acceptors (Lipinski definition) is 3. The third-order valence-corrected chi connectivity index (χ3v) is 0.824. The summed E-state index contributed by atoms with van der Waals surface area (Å²) >= 11 is 1.73. The Morgan fingerprint density at radius 3 is 2.67 bits per heavy atom. The van der Waals surface area contributed by atoms with Gasteiger partial charge in [0, 0.05) is 0 Å². The quantitative estimate of drug-likeness (QED) is 0.419. The van der Waals surface area contributed by atoms with E-state index < -0.39 is 0 Å². The van der Waals surface area contributed by atoms with Gasteiger partial charge in [-0.2, -0.15) is 0 Å². The van der Waals surface area contributed by atoms with Crippen molar-refractivity contribution < 1.29 is 12.5 Å². The Labute approximate surface area is 68.7 Å². The van der Waals surface area contributed by atoms with E-state index in [4.69, 9.17) is 9.47 Å². The van der Waals surface area contributed by atoms with E-state index in [-0.39, 0.29) is 6.79 Å². The zero-order valence-corrected chi connectivity index (χ0v) is 7.38. The Morgan fingerprint density at radius 1 is 1.56 bits per heavy atom. The SMILES string of the molecule is C=C(OCC)OCOI. The highest BCUT2D eigenvalue weighted by Gasteiger charge is 1.89. The third-order valence-electron chi connectivity index (χ3n) is 0.570. The lowest BCUT2D eigenvalue weighted by Crippen LogP contribution is -1.97. The standard InChI is InChI=1S/C5H9IO3/c1-3-7-5(2)8-4-9-6/h2-4H2,1H3. The average Bonchev–Trinajstić information content (AvgIpc) is 1.85. The lowest BCUT2D eigenvalue weighted by Gasteiger charge is -2.05. The van der Waals surface area contributed by atoms with E-state index in [1.807, 2.05) is 6.92 Å². The van der Waals surface area contributed by atoms with Gasteiger partial charge in [0.05, 0.1) is 6.61 Å². The van der Waals surface area contributed by atoms with E-state index in [1.165, 1.54) is 0 Å². The van der Waals surface area contributed by atoms with Crippen LogP contribution in [0.5, 0.6) is 0 Å². The minimum Gasteiger partial charge on any atom is -0.466 e. The summed E-state index contributed by atoms with van der Waals surface area (Å²) in [6, 6.07) is 0. The molecule has 4 heteroatoms. The molecule has 3 nitrogen and oxygen atoms in total. The Morgan fingerprint density at radius 2 is 2.22 bits per heavy atom. The van der Waals surface area contributed by atoms with Gasteiger partial charge in [0.25, 0.3) is 5.95 Å². The normalized spacial score (nSPS) is 8.67. The zero-order chi connectivity index (χ0) is 7.11. The highest BCUT2D eigenvalue weighted by molar-refractivity contribution is 14.1. The van der Waals surface area contributed by atoms with Crippen molar-refractivity contribution in [3.05, 3.63) is 12.5 Å². The summed E-state index contributed by atoms with van der Waals surface area (Å²) in [5.74, 6) is 0.300. The van der Waals surface area contributed by atoms with Crippen LogP contribution in [0.15, 0.2) is 12.5 Å². The van der Waals surface area contributed by atoms with Crippen LogP contribution in [0.3, 0.4) is 0 Å². The number of ether oxygens (including phenoxy) is 2. The Bertz CT molecular complexity index is 84.3. The molecule has 54 valence electrons. The molecule has 0 saturated carbocycles. The summed E-state index contributed by atoms with van der Waals surface area (Å²) in [7, 11) is 0. The molecule has 0 unspecified atom stereocenters. The van der Waals surface area contributed by atoms with E-state index in [1.54, 1.807) is 23.0 Å². The topological polar surface area (TPSA) is 27.7 Å². The molecule has 0 fully saturated rings. The van der Waals surface area contributed by atoms with Crippen molar-refractivity contribution in [2.45, 2.75) is 6.92 Å². The molecule has 0 amide bonds.